The van der Waals surface area contributed by atoms with Crippen molar-refractivity contribution in [2.24, 2.45) is 0 Å². The van der Waals surface area contributed by atoms with Crippen LogP contribution in [0.15, 0.2) is 42.5 Å². The van der Waals surface area contributed by atoms with E-state index in [1.165, 1.54) is 0 Å². The lowest BCUT2D eigenvalue weighted by atomic mass is 9.93. The first-order valence-corrected chi connectivity index (χ1v) is 8.59. The Morgan fingerprint density at radius 1 is 1.12 bits per heavy atom. The van der Waals surface area contributed by atoms with E-state index in [9.17, 15) is 0 Å². The number of fused-ring (bicyclic) bond motifs is 1. The van der Waals surface area contributed by atoms with E-state index in [0.29, 0.717) is 11.0 Å². The maximum Gasteiger partial charge on any atom is 0.243 e. The third-order valence-electron chi connectivity index (χ3n) is 4.62. The molecule has 3 aromatic rings. The van der Waals surface area contributed by atoms with Crippen LogP contribution in [0, 0.1) is 0 Å². The van der Waals surface area contributed by atoms with Gasteiger partial charge in [-0.3, -0.25) is 0 Å². The molecule has 8 heteroatoms. The van der Waals surface area contributed by atoms with Gasteiger partial charge >= 0.3 is 0 Å². The van der Waals surface area contributed by atoms with Crippen LogP contribution in [0.4, 0.5) is 5.95 Å². The monoisotopic (exact) mass is 371 g/mol. The van der Waals surface area contributed by atoms with Gasteiger partial charge in [-0.25, -0.2) is 4.68 Å². The Morgan fingerprint density at radius 2 is 1.92 bits per heavy atom. The highest BCUT2D eigenvalue weighted by Crippen LogP contribution is 2.41. The fraction of sp³-hybridized carbons (Fsp3) is 0.278. The highest BCUT2D eigenvalue weighted by molar-refractivity contribution is 6.30. The first-order valence-electron chi connectivity index (χ1n) is 8.21. The molecule has 2 atom stereocenters. The number of methoxy groups -OCH3 is 2. The minimum absolute atomic E-state index is 0.0579. The third-order valence-corrected chi connectivity index (χ3v) is 4.87. The van der Waals surface area contributed by atoms with Crippen molar-refractivity contribution in [2.75, 3.05) is 19.5 Å². The van der Waals surface area contributed by atoms with Gasteiger partial charge in [-0.2, -0.15) is 0 Å². The standard InChI is InChI=1S/C18H18ClN5O2/c1-25-13-7-8-14(17(9-13)26-2)16-10-15(11-3-5-12(19)6-4-11)20-18-21-22-23-24(16)18/h3-9,15-16H,10H2,1-2H3,(H,20,21,23)/t15-,16-/m1/s1. The summed E-state index contributed by atoms with van der Waals surface area (Å²) in [6, 6.07) is 13.6. The molecule has 1 aromatic heterocycles. The molecule has 4 rings (SSSR count). The van der Waals surface area contributed by atoms with Gasteiger partial charge < -0.3 is 14.8 Å². The van der Waals surface area contributed by atoms with Gasteiger partial charge in [-0.1, -0.05) is 28.8 Å². The summed E-state index contributed by atoms with van der Waals surface area (Å²) in [4.78, 5) is 0. The van der Waals surface area contributed by atoms with E-state index in [4.69, 9.17) is 21.1 Å². The zero-order valence-electron chi connectivity index (χ0n) is 14.4. The van der Waals surface area contributed by atoms with Crippen molar-refractivity contribution in [3.8, 4) is 11.5 Å². The van der Waals surface area contributed by atoms with Crippen molar-refractivity contribution in [2.45, 2.75) is 18.5 Å². The molecule has 0 unspecified atom stereocenters. The number of tetrazole rings is 1. The smallest absolute Gasteiger partial charge is 0.243 e. The largest absolute Gasteiger partial charge is 0.497 e. The van der Waals surface area contributed by atoms with Crippen molar-refractivity contribution in [3.05, 3.63) is 58.6 Å². The number of benzene rings is 2. The fourth-order valence-corrected chi connectivity index (χ4v) is 3.43. The Balaban J connectivity index is 1.75. The SMILES string of the molecule is COc1ccc([C@H]2C[C@H](c3ccc(Cl)cc3)Nc3nnnn32)c(OC)c1. The number of rotatable bonds is 4. The lowest BCUT2D eigenvalue weighted by molar-refractivity contribution is 0.369. The normalized spacial score (nSPS) is 18.7. The second kappa shape index (κ2) is 6.84. The van der Waals surface area contributed by atoms with E-state index in [1.807, 2.05) is 42.5 Å². The summed E-state index contributed by atoms with van der Waals surface area (Å²) in [6.45, 7) is 0. The van der Waals surface area contributed by atoms with Crippen molar-refractivity contribution in [1.29, 1.82) is 0 Å². The third kappa shape index (κ3) is 2.94. The van der Waals surface area contributed by atoms with Crippen LogP contribution in [-0.2, 0) is 0 Å². The Kier molecular flexibility index (Phi) is 4.38. The molecule has 0 spiro atoms. The molecule has 2 aromatic carbocycles. The summed E-state index contributed by atoms with van der Waals surface area (Å²) in [5, 5.41) is 16.2. The van der Waals surface area contributed by atoms with Crippen molar-refractivity contribution < 1.29 is 9.47 Å². The predicted octanol–water partition coefficient (Wildman–Crippen LogP) is 3.49. The molecule has 7 nitrogen and oxygen atoms in total. The summed E-state index contributed by atoms with van der Waals surface area (Å²) < 4.78 is 12.7. The quantitative estimate of drug-likeness (QED) is 0.756. The van der Waals surface area contributed by atoms with Crippen molar-refractivity contribution in [1.82, 2.24) is 20.2 Å². The highest BCUT2D eigenvalue weighted by atomic mass is 35.5. The molecule has 2 heterocycles. The molecule has 0 saturated carbocycles. The van der Waals surface area contributed by atoms with Crippen LogP contribution >= 0.6 is 11.6 Å². The average Bonchev–Trinajstić information content (AvgIpc) is 3.16. The minimum atomic E-state index is -0.0669. The lowest BCUT2D eigenvalue weighted by Gasteiger charge is -2.31. The molecule has 26 heavy (non-hydrogen) atoms. The fourth-order valence-electron chi connectivity index (χ4n) is 3.30. The summed E-state index contributed by atoms with van der Waals surface area (Å²) in [6.07, 6.45) is 0.766. The van der Waals surface area contributed by atoms with Gasteiger partial charge in [0.1, 0.15) is 11.5 Å². The number of hydrogen-bond acceptors (Lipinski definition) is 6. The number of halogens is 1. The molecule has 1 N–H and O–H groups in total. The molecule has 134 valence electrons. The lowest BCUT2D eigenvalue weighted by Crippen LogP contribution is -2.28. The number of ether oxygens (including phenoxy) is 2. The molecule has 0 fully saturated rings. The Bertz CT molecular complexity index is 912. The van der Waals surface area contributed by atoms with E-state index in [0.717, 1.165) is 29.0 Å². The van der Waals surface area contributed by atoms with E-state index in [2.05, 4.69) is 20.8 Å². The number of aromatic nitrogens is 4. The van der Waals surface area contributed by atoms with Gasteiger partial charge in [0.2, 0.25) is 5.95 Å². The summed E-state index contributed by atoms with van der Waals surface area (Å²) >= 11 is 6.02. The molecule has 1 aliphatic rings. The Hall–Kier alpha value is -2.80. The second-order valence-electron chi connectivity index (χ2n) is 6.05. The first kappa shape index (κ1) is 16.7. The first-order chi connectivity index (χ1) is 12.7. The number of hydrogen-bond donors (Lipinski definition) is 1. The second-order valence-corrected chi connectivity index (χ2v) is 6.49. The molecule has 0 saturated heterocycles. The zero-order chi connectivity index (χ0) is 18.1. The van der Waals surface area contributed by atoms with E-state index >= 15 is 0 Å². The topological polar surface area (TPSA) is 74.1 Å². The summed E-state index contributed by atoms with van der Waals surface area (Å²) in [7, 11) is 3.28. The van der Waals surface area contributed by atoms with E-state index in [-0.39, 0.29) is 12.1 Å². The molecule has 0 radical (unpaired) electrons. The predicted molar refractivity (Wildman–Crippen MR) is 97.9 cm³/mol. The molecular formula is C18H18ClN5O2. The molecule has 0 bridgehead atoms. The number of nitrogens with zero attached hydrogens (tertiary/aromatic N) is 4. The maximum atomic E-state index is 6.02. The van der Waals surface area contributed by atoms with E-state index < -0.39 is 0 Å². The highest BCUT2D eigenvalue weighted by Gasteiger charge is 2.32. The minimum Gasteiger partial charge on any atom is -0.497 e. The molecular weight excluding hydrogens is 354 g/mol. The van der Waals surface area contributed by atoms with Crippen LogP contribution in [0.25, 0.3) is 0 Å². The number of nitrogens with one attached hydrogen (secondary N) is 1. The zero-order valence-corrected chi connectivity index (χ0v) is 15.1. The van der Waals surface area contributed by atoms with Crippen molar-refractivity contribution >= 4 is 17.5 Å². The van der Waals surface area contributed by atoms with Crippen LogP contribution in [0.5, 0.6) is 11.5 Å². The van der Waals surface area contributed by atoms with E-state index in [1.54, 1.807) is 18.9 Å². The van der Waals surface area contributed by atoms with Crippen LogP contribution in [-0.4, -0.2) is 34.4 Å². The van der Waals surface area contributed by atoms with Crippen molar-refractivity contribution in [3.63, 3.8) is 0 Å². The van der Waals surface area contributed by atoms with Gasteiger partial charge in [-0.15, -0.1) is 0 Å². The molecule has 0 amide bonds. The Morgan fingerprint density at radius 3 is 2.65 bits per heavy atom. The maximum absolute atomic E-state index is 6.02. The average molecular weight is 372 g/mol. The van der Waals surface area contributed by atoms with Gasteiger partial charge in [-0.05, 0) is 46.7 Å². The van der Waals surface area contributed by atoms with Gasteiger partial charge in [0.25, 0.3) is 0 Å². The Labute approximate surface area is 155 Å². The molecule has 1 aliphatic heterocycles. The van der Waals surface area contributed by atoms with Gasteiger partial charge in [0, 0.05) is 16.7 Å². The summed E-state index contributed by atoms with van der Waals surface area (Å²) in [5.74, 6) is 2.11. The van der Waals surface area contributed by atoms with Gasteiger partial charge in [0.15, 0.2) is 0 Å². The van der Waals surface area contributed by atoms with Crippen LogP contribution in [0.2, 0.25) is 5.02 Å². The van der Waals surface area contributed by atoms with Crippen LogP contribution in [0.1, 0.15) is 29.6 Å². The number of anilines is 1. The van der Waals surface area contributed by atoms with Crippen LogP contribution < -0.4 is 14.8 Å². The summed E-state index contributed by atoms with van der Waals surface area (Å²) in [5.41, 5.74) is 2.13. The molecule has 0 aliphatic carbocycles. The van der Waals surface area contributed by atoms with Crippen LogP contribution in [0.3, 0.4) is 0 Å². The van der Waals surface area contributed by atoms with Gasteiger partial charge in [0.05, 0.1) is 26.3 Å².